The maximum Gasteiger partial charge on any atom is 0.319 e. The average Bonchev–Trinajstić information content (AvgIpc) is 3.46. The van der Waals surface area contributed by atoms with E-state index in [0.29, 0.717) is 59.2 Å². The zero-order chi connectivity index (χ0) is 30.0. The number of ether oxygens (including phenoxy) is 1. The van der Waals surface area contributed by atoms with Gasteiger partial charge in [0, 0.05) is 30.1 Å². The van der Waals surface area contributed by atoms with E-state index in [1.54, 1.807) is 0 Å². The molecule has 2 atom stereocenters. The number of aryl methyl sites for hydroxylation is 1. The van der Waals surface area contributed by atoms with Crippen LogP contribution < -0.4 is 15.4 Å². The lowest BCUT2D eigenvalue weighted by Gasteiger charge is -2.31. The van der Waals surface area contributed by atoms with Crippen LogP contribution in [0.15, 0.2) is 24.3 Å². The van der Waals surface area contributed by atoms with Gasteiger partial charge in [0.2, 0.25) is 0 Å². The predicted molar refractivity (Wildman–Crippen MR) is 165 cm³/mol. The van der Waals surface area contributed by atoms with Crippen molar-refractivity contribution in [1.82, 2.24) is 25.2 Å². The van der Waals surface area contributed by atoms with Crippen LogP contribution in [0.4, 0.5) is 14.6 Å². The topological polar surface area (TPSA) is 95.4 Å². The van der Waals surface area contributed by atoms with Gasteiger partial charge in [-0.3, -0.25) is 4.90 Å². The summed E-state index contributed by atoms with van der Waals surface area (Å²) in [4.78, 5) is 16.8. The molecule has 3 N–H and O–H groups in total. The van der Waals surface area contributed by atoms with Crippen LogP contribution in [-0.2, 0) is 6.42 Å². The van der Waals surface area contributed by atoms with Gasteiger partial charge in [-0.05, 0) is 87.5 Å². The number of hydrogen-bond donors (Lipinski definition) is 3. The van der Waals surface area contributed by atoms with Crippen molar-refractivity contribution in [3.05, 3.63) is 47.2 Å². The number of phenolic OH excluding ortho intramolecular Hbond substituents is 1. The summed E-state index contributed by atoms with van der Waals surface area (Å²) in [5.74, 6) is 2.01. The summed E-state index contributed by atoms with van der Waals surface area (Å²) in [5, 5.41) is 19.0. The number of benzene rings is 2. The van der Waals surface area contributed by atoms with Gasteiger partial charge in [0.25, 0.3) is 0 Å². The number of terminal acetylenes is 1. The molecule has 2 unspecified atom stereocenters. The number of fused-ring (bicyclic) bond motifs is 3. The van der Waals surface area contributed by atoms with Gasteiger partial charge in [-0.1, -0.05) is 12.0 Å². The number of nitrogens with one attached hydrogen (secondary N) is 2. The highest BCUT2D eigenvalue weighted by molar-refractivity contribution is 6.03. The van der Waals surface area contributed by atoms with Crippen LogP contribution in [0.2, 0.25) is 0 Å². The second-order valence-electron chi connectivity index (χ2n) is 12.7. The summed E-state index contributed by atoms with van der Waals surface area (Å²) in [7, 11) is 0. The van der Waals surface area contributed by atoms with Crippen molar-refractivity contribution >= 4 is 27.5 Å². The number of nitrogens with zero attached hydrogens (tertiary/aromatic N) is 4. The van der Waals surface area contributed by atoms with Crippen molar-refractivity contribution in [3.63, 3.8) is 0 Å². The van der Waals surface area contributed by atoms with Gasteiger partial charge in [0.05, 0.1) is 22.2 Å². The Hall–Kier alpha value is -4.07. The molecule has 2 aromatic heterocycles. The Morgan fingerprint density at radius 1 is 1.09 bits per heavy atom. The first-order valence-corrected chi connectivity index (χ1v) is 15.6. The Kier molecular flexibility index (Phi) is 6.58. The molecule has 4 aromatic rings. The van der Waals surface area contributed by atoms with Crippen LogP contribution >= 0.6 is 0 Å². The van der Waals surface area contributed by atoms with E-state index in [0.717, 1.165) is 58.2 Å². The van der Waals surface area contributed by atoms with Gasteiger partial charge in [0.1, 0.15) is 35.2 Å². The van der Waals surface area contributed by atoms with Crippen LogP contribution in [0.1, 0.15) is 49.8 Å². The number of anilines is 1. The lowest BCUT2D eigenvalue weighted by atomic mass is 9.95. The monoisotopic (exact) mass is 596 g/mol. The normalized spacial score (nSPS) is 22.6. The highest BCUT2D eigenvalue weighted by atomic mass is 19.1. The highest BCUT2D eigenvalue weighted by Gasteiger charge is 2.45. The molecule has 0 bridgehead atoms. The summed E-state index contributed by atoms with van der Waals surface area (Å²) in [6.45, 7) is 3.91. The molecule has 10 heteroatoms. The van der Waals surface area contributed by atoms with Gasteiger partial charge >= 0.3 is 6.01 Å². The molecule has 1 saturated carbocycles. The quantitative estimate of drug-likeness (QED) is 0.279. The molecule has 44 heavy (non-hydrogen) atoms. The van der Waals surface area contributed by atoms with Crippen molar-refractivity contribution < 1.29 is 18.6 Å². The third kappa shape index (κ3) is 4.52. The average molecular weight is 597 g/mol. The maximum absolute atomic E-state index is 16.9. The first kappa shape index (κ1) is 27.5. The fourth-order valence-electron chi connectivity index (χ4n) is 7.77. The van der Waals surface area contributed by atoms with E-state index < -0.39 is 11.6 Å². The molecule has 4 aliphatic rings. The summed E-state index contributed by atoms with van der Waals surface area (Å²) >= 11 is 0. The zero-order valence-electron chi connectivity index (χ0n) is 24.4. The Labute approximate surface area is 254 Å². The standard InChI is InChI=1S/C34H34F2N6O2/c1-2-22-24(35)7-5-20-15-21(43)17-23(27(20)22)30-29(36)31-28-25(39-30)8-6-19-16-26(19)37-11-12-38-32(28)41-33(40-31)44-18-34-9-3-13-42(34)14-4-10-34/h1,5,7,15,17,19,26,37,43H,3-4,6,8-14,16,18H2,(H,38,40,41). The second-order valence-corrected chi connectivity index (χ2v) is 12.7. The van der Waals surface area contributed by atoms with E-state index in [2.05, 4.69) is 26.4 Å². The Morgan fingerprint density at radius 2 is 1.93 bits per heavy atom. The molecule has 1 aliphatic carbocycles. The molecule has 3 aliphatic heterocycles. The van der Waals surface area contributed by atoms with Crippen molar-refractivity contribution in [2.45, 2.75) is 56.5 Å². The Bertz CT molecular complexity index is 1850. The fraction of sp³-hybridized carbons (Fsp3) is 0.441. The number of phenols is 1. The van der Waals surface area contributed by atoms with Gasteiger partial charge in [0.15, 0.2) is 5.82 Å². The minimum atomic E-state index is -0.697. The van der Waals surface area contributed by atoms with E-state index in [1.165, 1.54) is 24.3 Å². The Morgan fingerprint density at radius 3 is 2.75 bits per heavy atom. The summed E-state index contributed by atoms with van der Waals surface area (Å²) in [6, 6.07) is 6.22. The summed E-state index contributed by atoms with van der Waals surface area (Å²) in [6.07, 6.45) is 12.7. The molecule has 226 valence electrons. The van der Waals surface area contributed by atoms with Gasteiger partial charge in [-0.25, -0.2) is 13.8 Å². The molecule has 8 nitrogen and oxygen atoms in total. The first-order valence-electron chi connectivity index (χ1n) is 15.6. The smallest absolute Gasteiger partial charge is 0.319 e. The van der Waals surface area contributed by atoms with Gasteiger partial charge in [-0.2, -0.15) is 9.97 Å². The Balaban J connectivity index is 1.32. The molecule has 2 aromatic carbocycles. The molecule has 8 rings (SSSR count). The molecule has 0 spiro atoms. The number of hydrogen-bond acceptors (Lipinski definition) is 8. The van der Waals surface area contributed by atoms with Crippen LogP contribution in [0.3, 0.4) is 0 Å². The van der Waals surface area contributed by atoms with Gasteiger partial charge in [-0.15, -0.1) is 6.42 Å². The second kappa shape index (κ2) is 10.5. The first-order chi connectivity index (χ1) is 21.4. The lowest BCUT2D eigenvalue weighted by Crippen LogP contribution is -2.43. The molecule has 2 saturated heterocycles. The lowest BCUT2D eigenvalue weighted by molar-refractivity contribution is 0.108. The zero-order valence-corrected chi connectivity index (χ0v) is 24.4. The third-order valence-electron chi connectivity index (χ3n) is 10.1. The number of aromatic hydroxyl groups is 1. The van der Waals surface area contributed by atoms with Crippen LogP contribution in [0.25, 0.3) is 32.9 Å². The van der Waals surface area contributed by atoms with Crippen LogP contribution in [0.5, 0.6) is 11.8 Å². The van der Waals surface area contributed by atoms with E-state index >= 15 is 4.39 Å². The SMILES string of the molecule is C#Cc1c(F)ccc2cc(O)cc(-c3nc4c5c(nc(OCC67CCCN6CCC7)nc5c3F)NCCNC3CC3CC4)c12. The minimum Gasteiger partial charge on any atom is -0.508 e. The predicted octanol–water partition coefficient (Wildman–Crippen LogP) is 5.15. The fourth-order valence-corrected chi connectivity index (χ4v) is 7.77. The van der Waals surface area contributed by atoms with Gasteiger partial charge < -0.3 is 20.5 Å². The maximum atomic E-state index is 16.9. The molecule has 0 amide bonds. The van der Waals surface area contributed by atoms with Crippen LogP contribution in [0, 0.1) is 29.9 Å². The van der Waals surface area contributed by atoms with Crippen molar-refractivity contribution in [1.29, 1.82) is 0 Å². The number of rotatable bonds is 4. The van der Waals surface area contributed by atoms with E-state index in [-0.39, 0.29) is 39.6 Å². The molecular weight excluding hydrogens is 562 g/mol. The molecule has 0 radical (unpaired) electrons. The van der Waals surface area contributed by atoms with Crippen molar-refractivity contribution in [2.75, 3.05) is 38.1 Å². The van der Waals surface area contributed by atoms with E-state index in [9.17, 15) is 9.50 Å². The van der Waals surface area contributed by atoms with E-state index in [1.807, 2.05) is 0 Å². The molecular formula is C34H34F2N6O2. The van der Waals surface area contributed by atoms with Crippen molar-refractivity contribution in [2.24, 2.45) is 5.92 Å². The number of pyridine rings is 1. The highest BCUT2D eigenvalue weighted by Crippen LogP contribution is 2.42. The summed E-state index contributed by atoms with van der Waals surface area (Å²) in [5.41, 5.74) is 0.861. The molecule has 5 heterocycles. The largest absolute Gasteiger partial charge is 0.508 e. The molecule has 3 fully saturated rings. The summed E-state index contributed by atoms with van der Waals surface area (Å²) < 4.78 is 38.1. The number of halogens is 2. The van der Waals surface area contributed by atoms with Crippen molar-refractivity contribution in [3.8, 4) is 35.4 Å². The number of aromatic nitrogens is 3. The minimum absolute atomic E-state index is 0.0101. The third-order valence-corrected chi connectivity index (χ3v) is 10.1. The van der Waals surface area contributed by atoms with E-state index in [4.69, 9.17) is 21.1 Å². The van der Waals surface area contributed by atoms with Crippen LogP contribution in [-0.4, -0.2) is 69.3 Å².